The van der Waals surface area contributed by atoms with Crippen molar-refractivity contribution in [1.82, 2.24) is 14.5 Å². The summed E-state index contributed by atoms with van der Waals surface area (Å²) in [7, 11) is 0. The van der Waals surface area contributed by atoms with Gasteiger partial charge in [-0.3, -0.25) is 4.57 Å². The van der Waals surface area contributed by atoms with E-state index in [1.165, 1.54) is 0 Å². The van der Waals surface area contributed by atoms with Crippen molar-refractivity contribution >= 4 is 0 Å². The Morgan fingerprint density at radius 2 is 2.20 bits per heavy atom. The lowest BCUT2D eigenvalue weighted by Gasteiger charge is -2.05. The number of imidazole rings is 1. The molecule has 0 amide bonds. The van der Waals surface area contributed by atoms with E-state index in [1.54, 1.807) is 12.4 Å². The number of aromatic nitrogens is 3. The Labute approximate surface area is 88.2 Å². The van der Waals surface area contributed by atoms with E-state index in [2.05, 4.69) is 16.9 Å². The average molecular weight is 203 g/mol. The van der Waals surface area contributed by atoms with E-state index in [0.717, 1.165) is 23.6 Å². The molecule has 0 aromatic carbocycles. The summed E-state index contributed by atoms with van der Waals surface area (Å²) < 4.78 is 1.95. The van der Waals surface area contributed by atoms with Crippen molar-refractivity contribution < 1.29 is 5.11 Å². The third-order valence-electron chi connectivity index (χ3n) is 2.27. The first-order valence-corrected chi connectivity index (χ1v) is 4.93. The molecule has 4 nitrogen and oxygen atoms in total. The molecule has 4 heteroatoms. The zero-order valence-corrected chi connectivity index (χ0v) is 8.59. The Hall–Kier alpha value is -1.68. The van der Waals surface area contributed by atoms with Gasteiger partial charge in [0, 0.05) is 25.0 Å². The van der Waals surface area contributed by atoms with Crippen LogP contribution in [0.4, 0.5) is 0 Å². The first kappa shape index (κ1) is 9.86. The molecule has 0 saturated heterocycles. The zero-order valence-electron chi connectivity index (χ0n) is 8.59. The maximum absolute atomic E-state index is 8.90. The second-order valence-electron chi connectivity index (χ2n) is 3.25. The van der Waals surface area contributed by atoms with E-state index < -0.39 is 0 Å². The maximum atomic E-state index is 8.90. The van der Waals surface area contributed by atoms with Crippen LogP contribution < -0.4 is 0 Å². The minimum atomic E-state index is 0.0256. The topological polar surface area (TPSA) is 50.9 Å². The fourth-order valence-corrected chi connectivity index (χ4v) is 1.46. The largest absolute Gasteiger partial charge is 0.392 e. The lowest BCUT2D eigenvalue weighted by atomic mass is 10.3. The van der Waals surface area contributed by atoms with Gasteiger partial charge in [-0.1, -0.05) is 13.0 Å². The van der Waals surface area contributed by atoms with Crippen molar-refractivity contribution in [3.05, 3.63) is 42.1 Å². The van der Waals surface area contributed by atoms with E-state index in [9.17, 15) is 0 Å². The summed E-state index contributed by atoms with van der Waals surface area (Å²) in [5, 5.41) is 8.90. The molecule has 1 N–H and O–H groups in total. The second kappa shape index (κ2) is 4.23. The highest BCUT2D eigenvalue weighted by Gasteiger charge is 2.03. The van der Waals surface area contributed by atoms with Gasteiger partial charge in [-0.05, 0) is 11.6 Å². The van der Waals surface area contributed by atoms with E-state index in [0.29, 0.717) is 0 Å². The molecular weight excluding hydrogens is 190 g/mol. The lowest BCUT2D eigenvalue weighted by molar-refractivity contribution is 0.281. The van der Waals surface area contributed by atoms with Gasteiger partial charge in [-0.25, -0.2) is 9.97 Å². The number of rotatable bonds is 3. The van der Waals surface area contributed by atoms with Gasteiger partial charge in [-0.15, -0.1) is 0 Å². The Morgan fingerprint density at radius 3 is 2.80 bits per heavy atom. The van der Waals surface area contributed by atoms with E-state index in [-0.39, 0.29) is 6.61 Å². The van der Waals surface area contributed by atoms with Crippen molar-refractivity contribution in [1.29, 1.82) is 0 Å². The molecule has 0 aliphatic carbocycles. The summed E-state index contributed by atoms with van der Waals surface area (Å²) in [6, 6.07) is 3.74. The smallest absolute Gasteiger partial charge is 0.137 e. The fraction of sp³-hybridized carbons (Fsp3) is 0.273. The van der Waals surface area contributed by atoms with Gasteiger partial charge in [0.15, 0.2) is 0 Å². The molecule has 0 aliphatic rings. The quantitative estimate of drug-likeness (QED) is 0.818. The molecule has 0 saturated carbocycles. The standard InChI is InChI=1S/C11H13N3O/c1-2-10-12-5-6-14(10)11-4-3-9(8-15)7-13-11/h3-7,15H,2,8H2,1H3. The first-order chi connectivity index (χ1) is 7.35. The first-order valence-electron chi connectivity index (χ1n) is 4.93. The molecular formula is C11H13N3O. The molecule has 0 fully saturated rings. The van der Waals surface area contributed by atoms with Crippen LogP contribution in [-0.4, -0.2) is 19.6 Å². The Morgan fingerprint density at radius 1 is 1.33 bits per heavy atom. The molecule has 0 spiro atoms. The van der Waals surface area contributed by atoms with Crippen LogP contribution in [0.15, 0.2) is 30.7 Å². The number of nitrogens with zero attached hydrogens (tertiary/aromatic N) is 3. The molecule has 2 heterocycles. The summed E-state index contributed by atoms with van der Waals surface area (Å²) in [4.78, 5) is 8.49. The van der Waals surface area contributed by atoms with Crippen molar-refractivity contribution in [2.24, 2.45) is 0 Å². The van der Waals surface area contributed by atoms with Crippen LogP contribution in [0.2, 0.25) is 0 Å². The number of aryl methyl sites for hydroxylation is 1. The predicted molar refractivity (Wildman–Crippen MR) is 56.7 cm³/mol. The Kier molecular flexibility index (Phi) is 2.78. The molecule has 2 aromatic rings. The SMILES string of the molecule is CCc1nccn1-c1ccc(CO)cn1. The minimum absolute atomic E-state index is 0.0256. The third-order valence-corrected chi connectivity index (χ3v) is 2.27. The van der Waals surface area contributed by atoms with Crippen LogP contribution in [0.1, 0.15) is 18.3 Å². The summed E-state index contributed by atoms with van der Waals surface area (Å²) >= 11 is 0. The summed E-state index contributed by atoms with van der Waals surface area (Å²) in [6.45, 7) is 2.08. The highest BCUT2D eigenvalue weighted by atomic mass is 16.3. The van der Waals surface area contributed by atoms with E-state index in [4.69, 9.17) is 5.11 Å². The van der Waals surface area contributed by atoms with Crippen LogP contribution in [0.25, 0.3) is 5.82 Å². The lowest BCUT2D eigenvalue weighted by Crippen LogP contribution is -2.01. The molecule has 0 unspecified atom stereocenters. The fourth-order valence-electron chi connectivity index (χ4n) is 1.46. The number of hydrogen-bond acceptors (Lipinski definition) is 3. The Bertz CT molecular complexity index is 433. The van der Waals surface area contributed by atoms with Crippen LogP contribution >= 0.6 is 0 Å². The predicted octanol–water partition coefficient (Wildman–Crippen LogP) is 1.32. The Balaban J connectivity index is 2.37. The molecule has 0 aliphatic heterocycles. The number of hydrogen-bond donors (Lipinski definition) is 1. The van der Waals surface area contributed by atoms with Crippen LogP contribution in [-0.2, 0) is 13.0 Å². The average Bonchev–Trinajstić information content (AvgIpc) is 2.77. The van der Waals surface area contributed by atoms with Crippen LogP contribution in [0, 0.1) is 0 Å². The highest BCUT2D eigenvalue weighted by Crippen LogP contribution is 2.09. The minimum Gasteiger partial charge on any atom is -0.392 e. The normalized spacial score (nSPS) is 10.5. The molecule has 0 atom stereocenters. The monoisotopic (exact) mass is 203 g/mol. The second-order valence-corrected chi connectivity index (χ2v) is 3.25. The summed E-state index contributed by atoms with van der Waals surface area (Å²) in [6.07, 6.45) is 6.20. The zero-order chi connectivity index (χ0) is 10.7. The maximum Gasteiger partial charge on any atom is 0.137 e. The van der Waals surface area contributed by atoms with Gasteiger partial charge >= 0.3 is 0 Å². The van der Waals surface area contributed by atoms with Gasteiger partial charge in [0.05, 0.1) is 6.61 Å². The van der Waals surface area contributed by atoms with Crippen molar-refractivity contribution in [3.8, 4) is 5.82 Å². The molecule has 0 bridgehead atoms. The van der Waals surface area contributed by atoms with Gasteiger partial charge < -0.3 is 5.11 Å². The van der Waals surface area contributed by atoms with Crippen molar-refractivity contribution in [2.45, 2.75) is 20.0 Å². The summed E-state index contributed by atoms with van der Waals surface area (Å²) in [5.74, 6) is 1.82. The van der Waals surface area contributed by atoms with Gasteiger partial charge in [0.2, 0.25) is 0 Å². The van der Waals surface area contributed by atoms with Crippen molar-refractivity contribution in [2.75, 3.05) is 0 Å². The third kappa shape index (κ3) is 1.89. The molecule has 15 heavy (non-hydrogen) atoms. The number of aliphatic hydroxyl groups excluding tert-OH is 1. The van der Waals surface area contributed by atoms with Gasteiger partial charge in [0.1, 0.15) is 11.6 Å². The summed E-state index contributed by atoms with van der Waals surface area (Å²) in [5.41, 5.74) is 0.817. The van der Waals surface area contributed by atoms with Crippen LogP contribution in [0.3, 0.4) is 0 Å². The van der Waals surface area contributed by atoms with Gasteiger partial charge in [-0.2, -0.15) is 0 Å². The number of pyridine rings is 1. The van der Waals surface area contributed by atoms with Crippen LogP contribution in [0.5, 0.6) is 0 Å². The molecule has 0 radical (unpaired) electrons. The van der Waals surface area contributed by atoms with Crippen molar-refractivity contribution in [3.63, 3.8) is 0 Å². The number of aliphatic hydroxyl groups is 1. The highest BCUT2D eigenvalue weighted by molar-refractivity contribution is 5.27. The molecule has 2 rings (SSSR count). The van der Waals surface area contributed by atoms with Gasteiger partial charge in [0.25, 0.3) is 0 Å². The van der Waals surface area contributed by atoms with E-state index in [1.807, 2.05) is 22.9 Å². The molecule has 2 aromatic heterocycles. The van der Waals surface area contributed by atoms with E-state index >= 15 is 0 Å². The molecule has 78 valence electrons.